The standard InChI is InChI=1S/C15H14F8O/c16-12(17,18)5-13(19,20)24-15(23)9-4-8(14(15,21)22)10-6-1-2-7(3-6)11(9)10/h1-2,6-11H,3-5H2. The van der Waals surface area contributed by atoms with Crippen molar-refractivity contribution >= 4 is 0 Å². The van der Waals surface area contributed by atoms with Crippen LogP contribution in [0.5, 0.6) is 0 Å². The summed E-state index contributed by atoms with van der Waals surface area (Å²) in [6, 6.07) is 0. The third-order valence-corrected chi connectivity index (χ3v) is 6.12. The van der Waals surface area contributed by atoms with Crippen LogP contribution in [-0.2, 0) is 4.74 Å². The smallest absolute Gasteiger partial charge is 0.276 e. The summed E-state index contributed by atoms with van der Waals surface area (Å²) in [6.07, 6.45) is -9.41. The molecule has 136 valence electrons. The van der Waals surface area contributed by atoms with E-state index in [1.54, 1.807) is 12.2 Å². The molecule has 0 aromatic rings. The summed E-state index contributed by atoms with van der Waals surface area (Å²) in [5, 5.41) is 0. The normalized spacial score (nSPS) is 48.3. The van der Waals surface area contributed by atoms with Crippen LogP contribution in [0.25, 0.3) is 0 Å². The minimum Gasteiger partial charge on any atom is -0.276 e. The van der Waals surface area contributed by atoms with Gasteiger partial charge in [-0.1, -0.05) is 12.2 Å². The lowest BCUT2D eigenvalue weighted by Crippen LogP contribution is -2.59. The first-order valence-corrected chi connectivity index (χ1v) is 7.75. The van der Waals surface area contributed by atoms with Crippen molar-refractivity contribution in [3.05, 3.63) is 12.2 Å². The summed E-state index contributed by atoms with van der Waals surface area (Å²) >= 11 is 0. The van der Waals surface area contributed by atoms with Crippen LogP contribution in [0.2, 0.25) is 0 Å². The molecular weight excluding hydrogens is 348 g/mol. The van der Waals surface area contributed by atoms with Gasteiger partial charge < -0.3 is 0 Å². The highest BCUT2D eigenvalue weighted by Crippen LogP contribution is 2.74. The molecule has 4 aliphatic carbocycles. The largest absolute Gasteiger partial charge is 0.397 e. The third-order valence-electron chi connectivity index (χ3n) is 6.12. The molecule has 4 bridgehead atoms. The van der Waals surface area contributed by atoms with Gasteiger partial charge in [0.05, 0.1) is 0 Å². The van der Waals surface area contributed by atoms with Gasteiger partial charge in [0.2, 0.25) is 0 Å². The Morgan fingerprint density at radius 1 is 0.875 bits per heavy atom. The average molecular weight is 362 g/mol. The fraction of sp³-hybridized carbons (Fsp3) is 0.867. The molecule has 7 unspecified atom stereocenters. The molecule has 0 aromatic heterocycles. The number of allylic oxidation sites excluding steroid dienone is 2. The number of alkyl halides is 8. The fourth-order valence-electron chi connectivity index (χ4n) is 5.54. The van der Waals surface area contributed by atoms with Crippen LogP contribution in [0.4, 0.5) is 35.1 Å². The highest BCUT2D eigenvalue weighted by atomic mass is 19.4. The first kappa shape index (κ1) is 16.6. The van der Waals surface area contributed by atoms with E-state index in [4.69, 9.17) is 0 Å². The van der Waals surface area contributed by atoms with Gasteiger partial charge in [-0.2, -0.15) is 30.7 Å². The predicted molar refractivity (Wildman–Crippen MR) is 64.8 cm³/mol. The van der Waals surface area contributed by atoms with E-state index in [-0.39, 0.29) is 18.3 Å². The van der Waals surface area contributed by atoms with E-state index in [1.165, 1.54) is 0 Å². The van der Waals surface area contributed by atoms with E-state index in [2.05, 4.69) is 4.74 Å². The number of rotatable bonds is 3. The number of hydrogen-bond acceptors (Lipinski definition) is 1. The Hall–Kier alpha value is -0.860. The monoisotopic (exact) mass is 362 g/mol. The molecule has 0 spiro atoms. The molecule has 0 aliphatic heterocycles. The summed E-state index contributed by atoms with van der Waals surface area (Å²) in [5.74, 6) is -12.7. The van der Waals surface area contributed by atoms with Crippen LogP contribution < -0.4 is 0 Å². The molecule has 24 heavy (non-hydrogen) atoms. The van der Waals surface area contributed by atoms with Crippen LogP contribution in [0.15, 0.2) is 12.2 Å². The molecule has 4 aliphatic rings. The lowest BCUT2D eigenvalue weighted by atomic mass is 9.70. The molecule has 0 N–H and O–H groups in total. The summed E-state index contributed by atoms with van der Waals surface area (Å²) < 4.78 is 111. The predicted octanol–water partition coefficient (Wildman–Crippen LogP) is 4.94. The van der Waals surface area contributed by atoms with Crippen molar-refractivity contribution in [2.75, 3.05) is 0 Å². The molecule has 0 amide bonds. The quantitative estimate of drug-likeness (QED) is 0.393. The van der Waals surface area contributed by atoms with Gasteiger partial charge in [-0.15, -0.1) is 0 Å². The van der Waals surface area contributed by atoms with Gasteiger partial charge >= 0.3 is 18.2 Å². The molecule has 3 saturated carbocycles. The Morgan fingerprint density at radius 2 is 1.42 bits per heavy atom. The second-order valence-electron chi connectivity index (χ2n) is 7.35. The molecule has 4 rings (SSSR count). The lowest BCUT2D eigenvalue weighted by molar-refractivity contribution is -0.417. The van der Waals surface area contributed by atoms with E-state index >= 15 is 0 Å². The number of hydrogen-bond donors (Lipinski definition) is 0. The third kappa shape index (κ3) is 2.02. The first-order valence-electron chi connectivity index (χ1n) is 7.75. The second-order valence-corrected chi connectivity index (χ2v) is 7.35. The van der Waals surface area contributed by atoms with E-state index < -0.39 is 54.2 Å². The molecule has 0 heterocycles. The minimum absolute atomic E-state index is 0.138. The number of halogens is 8. The van der Waals surface area contributed by atoms with E-state index in [0.717, 1.165) is 0 Å². The van der Waals surface area contributed by atoms with Crippen LogP contribution in [-0.4, -0.2) is 24.1 Å². The molecule has 0 saturated heterocycles. The molecule has 3 fully saturated rings. The maximum atomic E-state index is 15.0. The van der Waals surface area contributed by atoms with Crippen LogP contribution in [0.1, 0.15) is 19.3 Å². The molecule has 0 radical (unpaired) electrons. The summed E-state index contributed by atoms with van der Waals surface area (Å²) in [6.45, 7) is 0. The van der Waals surface area contributed by atoms with E-state index in [9.17, 15) is 35.1 Å². The molecule has 1 nitrogen and oxygen atoms in total. The number of ether oxygens (including phenoxy) is 1. The zero-order chi connectivity index (χ0) is 17.7. The maximum Gasteiger partial charge on any atom is 0.397 e. The molecular formula is C15H14F8O. The van der Waals surface area contributed by atoms with Gasteiger partial charge in [0.15, 0.2) is 0 Å². The SMILES string of the molecule is FC(F)(F)CC(F)(F)OC1(F)C2CC(C3C4C=CC(C4)C32)C1(F)F. The van der Waals surface area contributed by atoms with Gasteiger partial charge in [-0.05, 0) is 36.5 Å². The van der Waals surface area contributed by atoms with Gasteiger partial charge in [0, 0.05) is 11.8 Å². The van der Waals surface area contributed by atoms with Gasteiger partial charge in [-0.3, -0.25) is 4.74 Å². The van der Waals surface area contributed by atoms with E-state index in [1.807, 2.05) is 0 Å². The minimum atomic E-state index is -5.36. The molecule has 9 heteroatoms. The Bertz CT molecular complexity index is 585. The first-order chi connectivity index (χ1) is 10.9. The second kappa shape index (κ2) is 4.45. The van der Waals surface area contributed by atoms with Crippen molar-refractivity contribution in [1.29, 1.82) is 0 Å². The Balaban J connectivity index is 1.64. The van der Waals surface area contributed by atoms with Crippen molar-refractivity contribution < 1.29 is 39.9 Å². The van der Waals surface area contributed by atoms with Crippen LogP contribution in [0, 0.1) is 35.5 Å². The van der Waals surface area contributed by atoms with Gasteiger partial charge in [0.1, 0.15) is 6.42 Å². The number of fused-ring (bicyclic) bond motifs is 9. The Kier molecular flexibility index (Phi) is 3.08. The van der Waals surface area contributed by atoms with Gasteiger partial charge in [-0.25, -0.2) is 4.39 Å². The van der Waals surface area contributed by atoms with Crippen molar-refractivity contribution in [2.24, 2.45) is 35.5 Å². The van der Waals surface area contributed by atoms with Gasteiger partial charge in [0.25, 0.3) is 5.85 Å². The van der Waals surface area contributed by atoms with Crippen LogP contribution >= 0.6 is 0 Å². The summed E-state index contributed by atoms with van der Waals surface area (Å²) in [4.78, 5) is 0. The fourth-order valence-corrected chi connectivity index (χ4v) is 5.54. The van der Waals surface area contributed by atoms with Crippen LogP contribution in [0.3, 0.4) is 0 Å². The summed E-state index contributed by atoms with van der Waals surface area (Å²) in [5.41, 5.74) is 0. The lowest BCUT2D eigenvalue weighted by Gasteiger charge is -2.45. The van der Waals surface area contributed by atoms with Crippen molar-refractivity contribution in [1.82, 2.24) is 0 Å². The van der Waals surface area contributed by atoms with Crippen molar-refractivity contribution in [3.8, 4) is 0 Å². The Morgan fingerprint density at radius 3 is 1.96 bits per heavy atom. The van der Waals surface area contributed by atoms with E-state index in [0.29, 0.717) is 6.42 Å². The highest BCUT2D eigenvalue weighted by molar-refractivity contribution is 5.26. The zero-order valence-corrected chi connectivity index (χ0v) is 12.2. The molecule has 0 aromatic carbocycles. The van der Waals surface area contributed by atoms with Crippen molar-refractivity contribution in [3.63, 3.8) is 0 Å². The molecule has 7 atom stereocenters. The maximum absolute atomic E-state index is 15.0. The highest BCUT2D eigenvalue weighted by Gasteiger charge is 2.82. The van der Waals surface area contributed by atoms with Crippen molar-refractivity contribution in [2.45, 2.75) is 43.3 Å². The average Bonchev–Trinajstić information content (AvgIpc) is 3.08. The topological polar surface area (TPSA) is 9.23 Å². The zero-order valence-electron chi connectivity index (χ0n) is 12.2. The summed E-state index contributed by atoms with van der Waals surface area (Å²) in [7, 11) is 0. The Labute approximate surface area is 132 Å².